The number of nitrogens with one attached hydrogen (secondary N) is 1. The summed E-state index contributed by atoms with van der Waals surface area (Å²) in [5.41, 5.74) is 0.811. The molecule has 0 aliphatic carbocycles. The molecule has 1 unspecified atom stereocenters. The fraction of sp³-hybridized carbons (Fsp3) is 0.333. The summed E-state index contributed by atoms with van der Waals surface area (Å²) in [6.45, 7) is 0.0277. The fourth-order valence-corrected chi connectivity index (χ4v) is 2.25. The van der Waals surface area contributed by atoms with Crippen LogP contribution in [0.5, 0.6) is 0 Å². The van der Waals surface area contributed by atoms with Gasteiger partial charge in [-0.3, -0.25) is 0 Å². The van der Waals surface area contributed by atoms with Gasteiger partial charge in [0.15, 0.2) is 0 Å². The molecule has 6 heteroatoms. The van der Waals surface area contributed by atoms with Crippen molar-refractivity contribution in [1.29, 1.82) is 0 Å². The van der Waals surface area contributed by atoms with E-state index in [4.69, 9.17) is 21.8 Å². The zero-order chi connectivity index (χ0) is 11.4. The fourth-order valence-electron chi connectivity index (χ4n) is 0.958. The summed E-state index contributed by atoms with van der Waals surface area (Å²) >= 11 is 12.5. The van der Waals surface area contributed by atoms with E-state index in [1.165, 1.54) is 0 Å². The number of halogens is 3. The summed E-state index contributed by atoms with van der Waals surface area (Å²) in [5.74, 6) is 0. The molecule has 1 atom stereocenters. The number of hydrogen-bond acceptors (Lipinski definition) is 3. The predicted molar refractivity (Wildman–Crippen MR) is 68.4 cm³/mol. The Kier molecular flexibility index (Phi) is 5.35. The van der Waals surface area contributed by atoms with Crippen LogP contribution >= 0.6 is 43.5 Å². The molecule has 0 saturated heterocycles. The highest BCUT2D eigenvalue weighted by atomic mass is 79.9. The second kappa shape index (κ2) is 6.06. The molecule has 0 spiro atoms. The third kappa shape index (κ3) is 3.92. The normalized spacial score (nSPS) is 12.6. The Hall–Kier alpha value is 0.190. The van der Waals surface area contributed by atoms with Crippen molar-refractivity contribution in [1.82, 2.24) is 0 Å². The second-order valence-electron chi connectivity index (χ2n) is 2.97. The van der Waals surface area contributed by atoms with Crippen molar-refractivity contribution >= 4 is 49.1 Å². The summed E-state index contributed by atoms with van der Waals surface area (Å²) in [6, 6.07) is 3.61. The van der Waals surface area contributed by atoms with Gasteiger partial charge in [-0.25, -0.2) is 0 Å². The van der Waals surface area contributed by atoms with Gasteiger partial charge in [0, 0.05) is 21.2 Å². The minimum absolute atomic E-state index is 0.261. The van der Waals surface area contributed by atoms with E-state index in [1.807, 2.05) is 0 Å². The highest BCUT2D eigenvalue weighted by Gasteiger charge is 2.06. The third-order valence-electron chi connectivity index (χ3n) is 1.74. The topological polar surface area (TPSA) is 52.5 Å². The molecule has 1 rings (SSSR count). The Morgan fingerprint density at radius 2 is 1.87 bits per heavy atom. The first-order valence-electron chi connectivity index (χ1n) is 4.22. The summed E-state index contributed by atoms with van der Waals surface area (Å²) in [6.07, 6.45) is -0.766. The molecule has 3 N–H and O–H groups in total. The Labute approximate surface area is 110 Å². The maximum absolute atomic E-state index is 9.15. The summed E-state index contributed by atoms with van der Waals surface area (Å²) < 4.78 is 1.53. The standard InChI is InChI=1S/C9H10Br2ClNO2/c10-7-1-5(2-8(11)9(7)12)13-3-6(15)4-14/h1-2,6,13-15H,3-4H2. The van der Waals surface area contributed by atoms with Gasteiger partial charge < -0.3 is 15.5 Å². The lowest BCUT2D eigenvalue weighted by Gasteiger charge is -2.11. The zero-order valence-electron chi connectivity index (χ0n) is 7.67. The van der Waals surface area contributed by atoms with Gasteiger partial charge in [-0.1, -0.05) is 11.6 Å². The van der Waals surface area contributed by atoms with E-state index in [9.17, 15) is 0 Å². The monoisotopic (exact) mass is 357 g/mol. The Bertz CT molecular complexity index is 326. The van der Waals surface area contributed by atoms with Gasteiger partial charge in [-0.2, -0.15) is 0 Å². The molecule has 0 amide bonds. The van der Waals surface area contributed by atoms with Gasteiger partial charge in [-0.05, 0) is 44.0 Å². The first-order valence-corrected chi connectivity index (χ1v) is 6.18. The maximum Gasteiger partial charge on any atom is 0.0942 e. The van der Waals surface area contributed by atoms with Crippen LogP contribution in [0, 0.1) is 0 Å². The Balaban J connectivity index is 2.70. The van der Waals surface area contributed by atoms with Crippen LogP contribution in [-0.4, -0.2) is 29.5 Å². The molecular formula is C9H10Br2ClNO2. The number of aliphatic hydroxyl groups is 2. The van der Waals surface area contributed by atoms with Crippen LogP contribution < -0.4 is 5.32 Å². The smallest absolute Gasteiger partial charge is 0.0942 e. The van der Waals surface area contributed by atoms with Gasteiger partial charge in [0.05, 0.1) is 17.7 Å². The molecule has 0 heterocycles. The molecular weight excluding hydrogens is 349 g/mol. The van der Waals surface area contributed by atoms with Crippen molar-refractivity contribution in [3.05, 3.63) is 26.1 Å². The minimum Gasteiger partial charge on any atom is -0.394 e. The number of benzene rings is 1. The zero-order valence-corrected chi connectivity index (χ0v) is 11.6. The predicted octanol–water partition coefficient (Wildman–Crippen LogP) is 2.63. The van der Waals surface area contributed by atoms with Gasteiger partial charge in [-0.15, -0.1) is 0 Å². The minimum atomic E-state index is -0.766. The molecule has 0 aliphatic rings. The van der Waals surface area contributed by atoms with Crippen LogP contribution in [0.1, 0.15) is 0 Å². The van der Waals surface area contributed by atoms with E-state index in [0.717, 1.165) is 14.6 Å². The molecule has 0 aromatic heterocycles. The quantitative estimate of drug-likeness (QED) is 0.725. The third-order valence-corrected chi connectivity index (χ3v) is 3.85. The molecule has 0 fully saturated rings. The van der Waals surface area contributed by atoms with Crippen LogP contribution in [0.25, 0.3) is 0 Å². The molecule has 84 valence electrons. The number of rotatable bonds is 4. The molecule has 0 aliphatic heterocycles. The highest BCUT2D eigenvalue weighted by Crippen LogP contribution is 2.33. The lowest BCUT2D eigenvalue weighted by Crippen LogP contribution is -2.22. The van der Waals surface area contributed by atoms with Gasteiger partial charge in [0.25, 0.3) is 0 Å². The summed E-state index contributed by atoms with van der Waals surface area (Å²) in [4.78, 5) is 0. The Morgan fingerprint density at radius 1 is 1.33 bits per heavy atom. The average molecular weight is 359 g/mol. The van der Waals surface area contributed by atoms with Crippen molar-refractivity contribution in [3.63, 3.8) is 0 Å². The molecule has 1 aromatic rings. The van der Waals surface area contributed by atoms with Crippen LogP contribution in [0.2, 0.25) is 5.02 Å². The second-order valence-corrected chi connectivity index (χ2v) is 5.06. The first kappa shape index (κ1) is 13.3. The lowest BCUT2D eigenvalue weighted by molar-refractivity contribution is 0.105. The van der Waals surface area contributed by atoms with Gasteiger partial charge in [0.1, 0.15) is 0 Å². The molecule has 15 heavy (non-hydrogen) atoms. The molecule has 1 aromatic carbocycles. The van der Waals surface area contributed by atoms with Crippen LogP contribution in [-0.2, 0) is 0 Å². The van der Waals surface area contributed by atoms with Crippen molar-refractivity contribution < 1.29 is 10.2 Å². The van der Waals surface area contributed by atoms with E-state index < -0.39 is 6.10 Å². The van der Waals surface area contributed by atoms with E-state index in [-0.39, 0.29) is 13.2 Å². The summed E-state index contributed by atoms with van der Waals surface area (Å²) in [7, 11) is 0. The first-order chi connectivity index (χ1) is 7.04. The number of aliphatic hydroxyl groups excluding tert-OH is 2. The number of anilines is 1. The van der Waals surface area contributed by atoms with E-state index >= 15 is 0 Å². The van der Waals surface area contributed by atoms with E-state index in [1.54, 1.807) is 12.1 Å². The van der Waals surface area contributed by atoms with Crippen molar-refractivity contribution in [2.45, 2.75) is 6.10 Å². The maximum atomic E-state index is 9.15. The largest absolute Gasteiger partial charge is 0.394 e. The van der Waals surface area contributed by atoms with Crippen LogP contribution in [0.3, 0.4) is 0 Å². The SMILES string of the molecule is OCC(O)CNc1cc(Br)c(Cl)c(Br)c1. The van der Waals surface area contributed by atoms with Gasteiger partial charge in [0.2, 0.25) is 0 Å². The van der Waals surface area contributed by atoms with Crippen molar-refractivity contribution in [2.75, 3.05) is 18.5 Å². The van der Waals surface area contributed by atoms with Gasteiger partial charge >= 0.3 is 0 Å². The van der Waals surface area contributed by atoms with E-state index in [2.05, 4.69) is 37.2 Å². The number of hydrogen-bond donors (Lipinski definition) is 3. The van der Waals surface area contributed by atoms with Crippen LogP contribution in [0.4, 0.5) is 5.69 Å². The molecule has 0 radical (unpaired) electrons. The molecule has 0 saturated carbocycles. The van der Waals surface area contributed by atoms with Crippen molar-refractivity contribution in [3.8, 4) is 0 Å². The summed E-state index contributed by atoms with van der Waals surface area (Å²) in [5, 5.41) is 21.4. The van der Waals surface area contributed by atoms with Crippen molar-refractivity contribution in [2.24, 2.45) is 0 Å². The Morgan fingerprint density at radius 3 is 2.33 bits per heavy atom. The lowest BCUT2D eigenvalue weighted by atomic mass is 10.3. The van der Waals surface area contributed by atoms with Crippen LogP contribution in [0.15, 0.2) is 21.1 Å². The highest BCUT2D eigenvalue weighted by molar-refractivity contribution is 9.11. The molecule has 0 bridgehead atoms. The van der Waals surface area contributed by atoms with E-state index in [0.29, 0.717) is 5.02 Å². The average Bonchev–Trinajstić information content (AvgIpc) is 2.22. The molecule has 3 nitrogen and oxygen atoms in total.